The van der Waals surface area contributed by atoms with Gasteiger partial charge in [-0.15, -0.1) is 0 Å². The number of nitrogens with zero attached hydrogens (tertiary/aromatic N) is 1. The van der Waals surface area contributed by atoms with Crippen LogP contribution in [0.1, 0.15) is 6.42 Å². The number of allylic oxidation sites excluding steroid dienone is 4. The summed E-state index contributed by atoms with van der Waals surface area (Å²) in [4.78, 5) is 10.4. The number of carbonyl (C=O) groups is 1. The van der Waals surface area contributed by atoms with Crippen LogP contribution in [-0.4, -0.2) is 6.29 Å². The summed E-state index contributed by atoms with van der Waals surface area (Å²) >= 11 is 0. The minimum atomic E-state index is -0.880. The maximum absolute atomic E-state index is 10.4. The van der Waals surface area contributed by atoms with Gasteiger partial charge in [0.15, 0.2) is 0 Å². The van der Waals surface area contributed by atoms with E-state index in [0.29, 0.717) is 12.7 Å². The van der Waals surface area contributed by atoms with Gasteiger partial charge in [0.2, 0.25) is 0 Å². The molecular weight excluding hydrogens is 126 g/mol. The summed E-state index contributed by atoms with van der Waals surface area (Å²) in [6.45, 7) is 0. The smallest absolute Gasteiger partial charge is 0.144 e. The van der Waals surface area contributed by atoms with E-state index in [-0.39, 0.29) is 0 Å². The highest BCUT2D eigenvalue weighted by Gasteiger charge is 2.25. The third kappa shape index (κ3) is 0.985. The highest BCUT2D eigenvalue weighted by molar-refractivity contribution is 5.68. The van der Waals surface area contributed by atoms with Gasteiger partial charge in [0.05, 0.1) is 6.07 Å². The Balaban J connectivity index is 2.89. The molecule has 1 rings (SSSR count). The maximum Gasteiger partial charge on any atom is 0.144 e. The first-order valence-corrected chi connectivity index (χ1v) is 3.05. The average molecular weight is 133 g/mol. The molecule has 0 aliphatic heterocycles. The van der Waals surface area contributed by atoms with Gasteiger partial charge in [-0.2, -0.15) is 5.26 Å². The van der Waals surface area contributed by atoms with Gasteiger partial charge in [-0.05, 0) is 6.42 Å². The molecule has 2 heteroatoms. The highest BCUT2D eigenvalue weighted by atomic mass is 16.1. The van der Waals surface area contributed by atoms with E-state index in [4.69, 9.17) is 5.26 Å². The van der Waals surface area contributed by atoms with Gasteiger partial charge in [0.1, 0.15) is 11.7 Å². The van der Waals surface area contributed by atoms with Crippen molar-refractivity contribution in [1.29, 1.82) is 5.26 Å². The van der Waals surface area contributed by atoms with Crippen molar-refractivity contribution in [2.75, 3.05) is 0 Å². The molecule has 0 saturated heterocycles. The Kier molecular flexibility index (Phi) is 1.68. The van der Waals surface area contributed by atoms with E-state index in [1.54, 1.807) is 12.2 Å². The summed E-state index contributed by atoms with van der Waals surface area (Å²) in [5.74, 6) is 0. The van der Waals surface area contributed by atoms with Crippen LogP contribution in [-0.2, 0) is 4.79 Å². The topological polar surface area (TPSA) is 40.9 Å². The van der Waals surface area contributed by atoms with Crippen LogP contribution in [0.3, 0.4) is 0 Å². The van der Waals surface area contributed by atoms with Crippen LogP contribution in [0.4, 0.5) is 0 Å². The quantitative estimate of drug-likeness (QED) is 0.504. The predicted molar refractivity (Wildman–Crippen MR) is 37.0 cm³/mol. The average Bonchev–Trinajstić information content (AvgIpc) is 2.06. The van der Waals surface area contributed by atoms with Crippen LogP contribution >= 0.6 is 0 Å². The van der Waals surface area contributed by atoms with E-state index in [1.807, 2.05) is 18.2 Å². The Morgan fingerprint density at radius 2 is 2.40 bits per heavy atom. The van der Waals surface area contributed by atoms with Crippen molar-refractivity contribution < 1.29 is 4.79 Å². The van der Waals surface area contributed by atoms with Crippen molar-refractivity contribution in [3.63, 3.8) is 0 Å². The summed E-state index contributed by atoms with van der Waals surface area (Å²) in [6.07, 6.45) is 8.19. The lowest BCUT2D eigenvalue weighted by Gasteiger charge is -2.13. The number of hydrogen-bond donors (Lipinski definition) is 0. The van der Waals surface area contributed by atoms with Crippen LogP contribution in [0.5, 0.6) is 0 Å². The zero-order valence-corrected chi connectivity index (χ0v) is 5.45. The molecule has 1 aliphatic rings. The normalized spacial score (nSPS) is 29.5. The summed E-state index contributed by atoms with van der Waals surface area (Å²) in [5.41, 5.74) is -0.880. The molecule has 1 unspecified atom stereocenters. The van der Waals surface area contributed by atoms with Gasteiger partial charge in [0, 0.05) is 0 Å². The number of carbonyl (C=O) groups excluding carboxylic acids is 1. The summed E-state index contributed by atoms with van der Waals surface area (Å²) < 4.78 is 0. The molecule has 0 saturated carbocycles. The third-order valence-corrected chi connectivity index (χ3v) is 1.51. The zero-order chi connectivity index (χ0) is 7.45. The first-order chi connectivity index (χ1) is 4.83. The zero-order valence-electron chi connectivity index (χ0n) is 5.45. The van der Waals surface area contributed by atoms with E-state index < -0.39 is 5.41 Å². The molecule has 0 aromatic rings. The fourth-order valence-corrected chi connectivity index (χ4v) is 0.834. The van der Waals surface area contributed by atoms with Crippen molar-refractivity contribution in [3.05, 3.63) is 24.3 Å². The molecule has 0 amide bonds. The van der Waals surface area contributed by atoms with Crippen molar-refractivity contribution >= 4 is 6.29 Å². The largest absolute Gasteiger partial charge is 0.301 e. The van der Waals surface area contributed by atoms with E-state index in [0.717, 1.165) is 0 Å². The van der Waals surface area contributed by atoms with E-state index >= 15 is 0 Å². The van der Waals surface area contributed by atoms with Crippen LogP contribution < -0.4 is 0 Å². The van der Waals surface area contributed by atoms with Crippen LogP contribution in [0.15, 0.2) is 24.3 Å². The molecule has 0 fully saturated rings. The van der Waals surface area contributed by atoms with E-state index in [9.17, 15) is 4.79 Å². The van der Waals surface area contributed by atoms with Gasteiger partial charge in [-0.25, -0.2) is 0 Å². The summed E-state index contributed by atoms with van der Waals surface area (Å²) in [5, 5.41) is 8.58. The monoisotopic (exact) mass is 133 g/mol. The Labute approximate surface area is 59.5 Å². The fraction of sp³-hybridized carbons (Fsp3) is 0.250. The molecule has 1 aliphatic carbocycles. The molecular formula is C8H7NO. The van der Waals surface area contributed by atoms with Gasteiger partial charge >= 0.3 is 0 Å². The summed E-state index contributed by atoms with van der Waals surface area (Å²) in [6, 6.07) is 1.96. The number of nitriles is 1. The van der Waals surface area contributed by atoms with E-state index in [2.05, 4.69) is 0 Å². The number of aldehydes is 1. The Morgan fingerprint density at radius 1 is 1.60 bits per heavy atom. The molecule has 0 bridgehead atoms. The molecule has 0 radical (unpaired) electrons. The van der Waals surface area contributed by atoms with E-state index in [1.165, 1.54) is 0 Å². The maximum atomic E-state index is 10.4. The second kappa shape index (κ2) is 2.49. The molecule has 0 N–H and O–H groups in total. The molecule has 2 nitrogen and oxygen atoms in total. The van der Waals surface area contributed by atoms with Crippen molar-refractivity contribution in [2.24, 2.45) is 5.41 Å². The molecule has 50 valence electrons. The minimum absolute atomic E-state index is 0.503. The van der Waals surface area contributed by atoms with Crippen molar-refractivity contribution in [2.45, 2.75) is 6.42 Å². The van der Waals surface area contributed by atoms with Gasteiger partial charge in [0.25, 0.3) is 0 Å². The lowest BCUT2D eigenvalue weighted by Crippen LogP contribution is -2.17. The predicted octanol–water partition coefficient (Wildman–Crippen LogP) is 1.21. The highest BCUT2D eigenvalue weighted by Crippen LogP contribution is 2.23. The SMILES string of the molecule is N#CC1(C=O)C=CC=CC1. The van der Waals surface area contributed by atoms with Gasteiger partial charge < -0.3 is 4.79 Å². The molecule has 10 heavy (non-hydrogen) atoms. The first kappa shape index (κ1) is 6.76. The molecule has 0 spiro atoms. The van der Waals surface area contributed by atoms with Crippen LogP contribution in [0, 0.1) is 16.7 Å². The van der Waals surface area contributed by atoms with Gasteiger partial charge in [-0.3, -0.25) is 0 Å². The molecule has 0 aromatic heterocycles. The van der Waals surface area contributed by atoms with Crippen LogP contribution in [0.2, 0.25) is 0 Å². The standard InChI is InChI=1S/C8H7NO/c9-6-8(7-10)4-2-1-3-5-8/h1-4,7H,5H2. The lowest BCUT2D eigenvalue weighted by atomic mass is 9.85. The lowest BCUT2D eigenvalue weighted by molar-refractivity contribution is -0.112. The van der Waals surface area contributed by atoms with Crippen molar-refractivity contribution in [1.82, 2.24) is 0 Å². The molecule has 0 aromatic carbocycles. The van der Waals surface area contributed by atoms with Crippen molar-refractivity contribution in [3.8, 4) is 6.07 Å². The Hall–Kier alpha value is -1.36. The molecule has 1 atom stereocenters. The first-order valence-electron chi connectivity index (χ1n) is 3.05. The fourth-order valence-electron chi connectivity index (χ4n) is 0.834. The molecule has 0 heterocycles. The number of rotatable bonds is 1. The summed E-state index contributed by atoms with van der Waals surface area (Å²) in [7, 11) is 0. The third-order valence-electron chi connectivity index (χ3n) is 1.51. The minimum Gasteiger partial charge on any atom is -0.301 e. The number of hydrogen-bond acceptors (Lipinski definition) is 2. The van der Waals surface area contributed by atoms with Gasteiger partial charge in [-0.1, -0.05) is 24.3 Å². The second-order valence-electron chi connectivity index (χ2n) is 2.26. The Morgan fingerprint density at radius 3 is 2.70 bits per heavy atom. The second-order valence-corrected chi connectivity index (χ2v) is 2.26. The Bertz CT molecular complexity index is 234. The van der Waals surface area contributed by atoms with Crippen LogP contribution in [0.25, 0.3) is 0 Å².